The summed E-state index contributed by atoms with van der Waals surface area (Å²) < 4.78 is 12.9. The number of halogens is 1. The van der Waals surface area contributed by atoms with Gasteiger partial charge in [0, 0.05) is 22.4 Å². The number of fused-ring (bicyclic) bond motifs is 1. The summed E-state index contributed by atoms with van der Waals surface area (Å²) in [5.41, 5.74) is 1.73. The molecule has 0 saturated heterocycles. The van der Waals surface area contributed by atoms with E-state index in [2.05, 4.69) is 15.3 Å². The van der Waals surface area contributed by atoms with Crippen LogP contribution in [-0.2, 0) is 10.5 Å². The van der Waals surface area contributed by atoms with Gasteiger partial charge < -0.3 is 10.3 Å². The third-order valence-corrected chi connectivity index (χ3v) is 7.69. The van der Waals surface area contributed by atoms with E-state index in [1.54, 1.807) is 23.9 Å². The maximum absolute atomic E-state index is 12.9. The maximum Gasteiger partial charge on any atom is 0.260 e. The molecule has 4 aromatic rings. The fourth-order valence-electron chi connectivity index (χ4n) is 3.20. The Labute approximate surface area is 203 Å². The first-order valence-electron chi connectivity index (χ1n) is 10.4. The third-order valence-electron chi connectivity index (χ3n) is 4.78. The second kappa shape index (κ2) is 11.5. The molecule has 0 fully saturated rings. The molecule has 0 aliphatic heterocycles. The van der Waals surface area contributed by atoms with Crippen molar-refractivity contribution in [3.05, 3.63) is 82.0 Å². The van der Waals surface area contributed by atoms with Gasteiger partial charge in [0.15, 0.2) is 0 Å². The lowest BCUT2D eigenvalue weighted by Gasteiger charge is -2.06. The SMILES string of the molecule is O=C(CSCc1nc2scc(-c3ccccc3)c2c(=O)[nH]1)NCCCSc1ccc(F)cc1. The summed E-state index contributed by atoms with van der Waals surface area (Å²) in [5.74, 6) is 1.89. The fraction of sp³-hybridized carbons (Fsp3) is 0.208. The number of nitrogens with zero attached hydrogens (tertiary/aromatic N) is 1. The van der Waals surface area contributed by atoms with E-state index in [4.69, 9.17) is 0 Å². The second-order valence-electron chi connectivity index (χ2n) is 7.21. The van der Waals surface area contributed by atoms with Crippen molar-refractivity contribution in [1.29, 1.82) is 0 Å². The number of carbonyl (C=O) groups excluding carboxylic acids is 1. The molecule has 0 radical (unpaired) electrons. The van der Waals surface area contributed by atoms with Gasteiger partial charge >= 0.3 is 0 Å². The molecule has 0 atom stereocenters. The predicted octanol–water partition coefficient (Wildman–Crippen LogP) is 5.32. The molecule has 4 rings (SSSR count). The molecule has 0 bridgehead atoms. The summed E-state index contributed by atoms with van der Waals surface area (Å²) in [5, 5.41) is 5.47. The van der Waals surface area contributed by atoms with Crippen molar-refractivity contribution in [3.8, 4) is 11.1 Å². The van der Waals surface area contributed by atoms with Crippen LogP contribution >= 0.6 is 34.9 Å². The van der Waals surface area contributed by atoms with Crippen LogP contribution in [0.15, 0.2) is 69.7 Å². The lowest BCUT2D eigenvalue weighted by molar-refractivity contribution is -0.118. The van der Waals surface area contributed by atoms with Crippen LogP contribution in [0.2, 0.25) is 0 Å². The molecule has 0 aliphatic carbocycles. The minimum absolute atomic E-state index is 0.0438. The van der Waals surface area contributed by atoms with Crippen LogP contribution in [0.1, 0.15) is 12.2 Å². The summed E-state index contributed by atoms with van der Waals surface area (Å²) in [6, 6.07) is 16.2. The zero-order valence-corrected chi connectivity index (χ0v) is 20.1. The average molecular weight is 500 g/mol. The Morgan fingerprint density at radius 2 is 1.91 bits per heavy atom. The van der Waals surface area contributed by atoms with Gasteiger partial charge in [0.2, 0.25) is 5.91 Å². The van der Waals surface area contributed by atoms with Crippen LogP contribution in [0.5, 0.6) is 0 Å². The van der Waals surface area contributed by atoms with Crippen molar-refractivity contribution in [2.45, 2.75) is 17.1 Å². The van der Waals surface area contributed by atoms with Crippen LogP contribution in [-0.4, -0.2) is 33.9 Å². The van der Waals surface area contributed by atoms with Crippen LogP contribution in [0.3, 0.4) is 0 Å². The Morgan fingerprint density at radius 3 is 2.70 bits per heavy atom. The number of hydrogen-bond donors (Lipinski definition) is 2. The molecule has 170 valence electrons. The van der Waals surface area contributed by atoms with E-state index < -0.39 is 0 Å². The van der Waals surface area contributed by atoms with Crippen molar-refractivity contribution in [2.24, 2.45) is 0 Å². The van der Waals surface area contributed by atoms with Crippen molar-refractivity contribution in [1.82, 2.24) is 15.3 Å². The highest BCUT2D eigenvalue weighted by Crippen LogP contribution is 2.30. The molecule has 2 heterocycles. The van der Waals surface area contributed by atoms with E-state index in [1.165, 1.54) is 35.2 Å². The van der Waals surface area contributed by atoms with Crippen LogP contribution in [0.4, 0.5) is 4.39 Å². The zero-order valence-electron chi connectivity index (χ0n) is 17.7. The maximum atomic E-state index is 12.9. The molecular weight excluding hydrogens is 477 g/mol. The summed E-state index contributed by atoms with van der Waals surface area (Å²) in [6.45, 7) is 0.589. The Balaban J connectivity index is 1.21. The monoisotopic (exact) mass is 499 g/mol. The molecule has 33 heavy (non-hydrogen) atoms. The van der Waals surface area contributed by atoms with Gasteiger partial charge in [-0.25, -0.2) is 9.37 Å². The van der Waals surface area contributed by atoms with E-state index in [-0.39, 0.29) is 17.3 Å². The minimum atomic E-state index is -0.240. The normalized spacial score (nSPS) is 11.1. The molecule has 0 unspecified atom stereocenters. The number of amides is 1. The molecule has 0 aliphatic rings. The second-order valence-corrected chi connectivity index (χ2v) is 10.2. The molecule has 0 saturated carbocycles. The molecule has 2 aromatic carbocycles. The van der Waals surface area contributed by atoms with Crippen molar-refractivity contribution < 1.29 is 9.18 Å². The minimum Gasteiger partial charge on any atom is -0.355 e. The van der Waals surface area contributed by atoms with Crippen LogP contribution in [0.25, 0.3) is 21.3 Å². The van der Waals surface area contributed by atoms with E-state index in [9.17, 15) is 14.0 Å². The lowest BCUT2D eigenvalue weighted by Crippen LogP contribution is -2.26. The summed E-state index contributed by atoms with van der Waals surface area (Å²) >= 11 is 4.50. The van der Waals surface area contributed by atoms with Crippen molar-refractivity contribution in [2.75, 3.05) is 18.1 Å². The highest BCUT2D eigenvalue weighted by molar-refractivity contribution is 7.99. The Hall–Kier alpha value is -2.62. The van der Waals surface area contributed by atoms with Gasteiger partial charge in [0.1, 0.15) is 16.5 Å². The van der Waals surface area contributed by atoms with E-state index >= 15 is 0 Å². The Morgan fingerprint density at radius 1 is 1.12 bits per heavy atom. The number of hydrogen-bond acceptors (Lipinski definition) is 6. The smallest absolute Gasteiger partial charge is 0.260 e. The largest absolute Gasteiger partial charge is 0.355 e. The molecular formula is C24H22FN3O2S3. The first-order chi connectivity index (χ1) is 16.1. The summed E-state index contributed by atoms with van der Waals surface area (Å²) in [4.78, 5) is 33.9. The standard InChI is InChI=1S/C24H22FN3O2S3/c25-17-7-9-18(10-8-17)32-12-4-11-26-21(29)15-31-14-20-27-23(30)22-19(13-33-24(22)28-20)16-5-2-1-3-6-16/h1-3,5-10,13H,4,11-12,14-15H2,(H,26,29)(H,27,28,30). The van der Waals surface area contributed by atoms with E-state index in [0.717, 1.165) is 28.2 Å². The number of H-pyrrole nitrogens is 1. The van der Waals surface area contributed by atoms with Gasteiger partial charge in [0.05, 0.1) is 16.9 Å². The van der Waals surface area contributed by atoms with Crippen LogP contribution in [0, 0.1) is 5.82 Å². The van der Waals surface area contributed by atoms with Crippen molar-refractivity contribution >= 4 is 51.0 Å². The molecule has 2 aromatic heterocycles. The van der Waals surface area contributed by atoms with Crippen LogP contribution < -0.4 is 10.9 Å². The molecule has 2 N–H and O–H groups in total. The first kappa shape index (κ1) is 23.5. The van der Waals surface area contributed by atoms with Gasteiger partial charge in [-0.2, -0.15) is 0 Å². The number of carbonyl (C=O) groups is 1. The van der Waals surface area contributed by atoms with Gasteiger partial charge in [-0.1, -0.05) is 30.3 Å². The Kier molecular flexibility index (Phi) is 8.20. The third kappa shape index (κ3) is 6.46. The lowest BCUT2D eigenvalue weighted by atomic mass is 10.1. The van der Waals surface area contributed by atoms with Gasteiger partial charge in [-0.3, -0.25) is 9.59 Å². The zero-order chi connectivity index (χ0) is 23.0. The topological polar surface area (TPSA) is 74.8 Å². The van der Waals surface area contributed by atoms with Gasteiger partial charge in [0.25, 0.3) is 5.56 Å². The molecule has 0 spiro atoms. The van der Waals surface area contributed by atoms with Gasteiger partial charge in [-0.15, -0.1) is 34.9 Å². The van der Waals surface area contributed by atoms with Crippen molar-refractivity contribution in [3.63, 3.8) is 0 Å². The number of thioether (sulfide) groups is 2. The van der Waals surface area contributed by atoms with Gasteiger partial charge in [-0.05, 0) is 42.0 Å². The fourth-order valence-corrected chi connectivity index (χ4v) is 5.74. The number of rotatable bonds is 10. The summed E-state index contributed by atoms with van der Waals surface area (Å²) in [6.07, 6.45) is 0.826. The average Bonchev–Trinajstić information content (AvgIpc) is 3.25. The molecule has 5 nitrogen and oxygen atoms in total. The number of benzene rings is 2. The molecule has 9 heteroatoms. The highest BCUT2D eigenvalue weighted by atomic mass is 32.2. The summed E-state index contributed by atoms with van der Waals surface area (Å²) in [7, 11) is 0. The highest BCUT2D eigenvalue weighted by Gasteiger charge is 2.13. The van der Waals surface area contributed by atoms with E-state index in [0.29, 0.717) is 34.1 Å². The number of aromatic nitrogens is 2. The number of aromatic amines is 1. The number of thiophene rings is 1. The van der Waals surface area contributed by atoms with E-state index in [1.807, 2.05) is 35.7 Å². The predicted molar refractivity (Wildman–Crippen MR) is 137 cm³/mol. The quantitative estimate of drug-likeness (QED) is 0.228. The Bertz CT molecular complexity index is 1270. The molecule has 1 amide bonds. The first-order valence-corrected chi connectivity index (χ1v) is 13.4. The number of nitrogens with one attached hydrogen (secondary N) is 2.